The standard InChI is InChI=1S/C18H22N4O4/c1-2-26-17(24)13-8-5-6-9-14(13)19-16(23)12-22-18(25)21-11-7-3-4-10-15(21)20-22/h5-6,8-9H,2-4,7,10-12H2,1H3,(H,19,23). The number of hydrogen-bond donors (Lipinski definition) is 1. The number of benzene rings is 1. The van der Waals surface area contributed by atoms with Crippen molar-refractivity contribution in [1.82, 2.24) is 14.3 Å². The van der Waals surface area contributed by atoms with Gasteiger partial charge in [0.2, 0.25) is 5.91 Å². The monoisotopic (exact) mass is 358 g/mol. The van der Waals surface area contributed by atoms with E-state index in [0.29, 0.717) is 12.2 Å². The van der Waals surface area contributed by atoms with Gasteiger partial charge in [0.1, 0.15) is 12.4 Å². The Morgan fingerprint density at radius 1 is 1.23 bits per heavy atom. The Kier molecular flexibility index (Phi) is 5.50. The largest absolute Gasteiger partial charge is 0.462 e. The van der Waals surface area contributed by atoms with Gasteiger partial charge < -0.3 is 10.1 Å². The molecule has 1 amide bonds. The number of nitrogens with one attached hydrogen (secondary N) is 1. The topological polar surface area (TPSA) is 95.2 Å². The fourth-order valence-corrected chi connectivity index (χ4v) is 3.03. The molecule has 2 aromatic rings. The molecular weight excluding hydrogens is 336 g/mol. The second kappa shape index (κ2) is 7.99. The van der Waals surface area contributed by atoms with E-state index in [0.717, 1.165) is 31.5 Å². The van der Waals surface area contributed by atoms with E-state index < -0.39 is 11.9 Å². The number of fused-ring (bicyclic) bond motifs is 1. The fourth-order valence-electron chi connectivity index (χ4n) is 3.03. The van der Waals surface area contributed by atoms with Gasteiger partial charge in [-0.2, -0.15) is 5.10 Å². The minimum Gasteiger partial charge on any atom is -0.462 e. The maximum absolute atomic E-state index is 12.4. The molecule has 0 radical (unpaired) electrons. The highest BCUT2D eigenvalue weighted by molar-refractivity contribution is 6.01. The molecule has 8 nitrogen and oxygen atoms in total. The third-order valence-electron chi connectivity index (χ3n) is 4.27. The first-order valence-electron chi connectivity index (χ1n) is 8.82. The van der Waals surface area contributed by atoms with Gasteiger partial charge in [-0.1, -0.05) is 18.6 Å². The third-order valence-corrected chi connectivity index (χ3v) is 4.27. The molecule has 0 atom stereocenters. The second-order valence-corrected chi connectivity index (χ2v) is 6.13. The Balaban J connectivity index is 1.75. The van der Waals surface area contributed by atoms with E-state index in [-0.39, 0.29) is 24.4 Å². The van der Waals surface area contributed by atoms with Gasteiger partial charge in [0.15, 0.2) is 0 Å². The second-order valence-electron chi connectivity index (χ2n) is 6.13. The molecular formula is C18H22N4O4. The normalized spacial score (nSPS) is 13.6. The summed E-state index contributed by atoms with van der Waals surface area (Å²) < 4.78 is 7.82. The van der Waals surface area contributed by atoms with Gasteiger partial charge in [-0.25, -0.2) is 14.3 Å². The Bertz CT molecular complexity index is 868. The molecule has 0 saturated carbocycles. The quantitative estimate of drug-likeness (QED) is 0.819. The number of hydrogen-bond acceptors (Lipinski definition) is 5. The first kappa shape index (κ1) is 17.9. The molecule has 0 spiro atoms. The molecule has 0 bridgehead atoms. The SMILES string of the molecule is CCOC(=O)c1ccccc1NC(=O)Cn1nc2n(c1=O)CCCCC2. The number of anilines is 1. The molecule has 0 aliphatic carbocycles. The number of nitrogens with zero attached hydrogens (tertiary/aromatic N) is 3. The van der Waals surface area contributed by atoms with Crippen LogP contribution in [-0.4, -0.2) is 32.8 Å². The van der Waals surface area contributed by atoms with E-state index >= 15 is 0 Å². The van der Waals surface area contributed by atoms with Crippen molar-refractivity contribution in [3.8, 4) is 0 Å². The van der Waals surface area contributed by atoms with Crippen molar-refractivity contribution in [2.24, 2.45) is 0 Å². The number of para-hydroxylation sites is 1. The molecule has 26 heavy (non-hydrogen) atoms. The van der Waals surface area contributed by atoms with E-state index in [4.69, 9.17) is 4.74 Å². The molecule has 0 fully saturated rings. The highest BCUT2D eigenvalue weighted by Crippen LogP contribution is 2.16. The summed E-state index contributed by atoms with van der Waals surface area (Å²) in [6, 6.07) is 6.61. The van der Waals surface area contributed by atoms with Crippen molar-refractivity contribution < 1.29 is 14.3 Å². The highest BCUT2D eigenvalue weighted by atomic mass is 16.5. The van der Waals surface area contributed by atoms with Crippen LogP contribution in [0.25, 0.3) is 0 Å². The first-order valence-corrected chi connectivity index (χ1v) is 8.82. The van der Waals surface area contributed by atoms with Crippen molar-refractivity contribution >= 4 is 17.6 Å². The van der Waals surface area contributed by atoms with Crippen molar-refractivity contribution in [2.75, 3.05) is 11.9 Å². The average molecular weight is 358 g/mol. The van der Waals surface area contributed by atoms with Gasteiger partial charge in [-0.3, -0.25) is 9.36 Å². The minimum atomic E-state index is -0.505. The number of carbonyl (C=O) groups is 2. The summed E-state index contributed by atoms with van der Waals surface area (Å²) in [7, 11) is 0. The number of rotatable bonds is 5. The van der Waals surface area contributed by atoms with E-state index in [2.05, 4.69) is 10.4 Å². The average Bonchev–Trinajstić information content (AvgIpc) is 2.79. The number of amides is 1. The Morgan fingerprint density at radius 2 is 2.04 bits per heavy atom. The summed E-state index contributed by atoms with van der Waals surface area (Å²) in [6.07, 6.45) is 3.76. The molecule has 8 heteroatoms. The Hall–Kier alpha value is -2.90. The van der Waals surface area contributed by atoms with Crippen LogP contribution in [0.1, 0.15) is 42.4 Å². The number of aromatic nitrogens is 3. The third kappa shape index (κ3) is 3.84. The van der Waals surface area contributed by atoms with Gasteiger partial charge >= 0.3 is 11.7 Å². The van der Waals surface area contributed by atoms with Crippen molar-refractivity contribution in [2.45, 2.75) is 45.7 Å². The summed E-state index contributed by atoms with van der Waals surface area (Å²) in [5, 5.41) is 6.96. The number of aryl methyl sites for hydroxylation is 1. The van der Waals surface area contributed by atoms with Crippen molar-refractivity contribution in [1.29, 1.82) is 0 Å². The zero-order chi connectivity index (χ0) is 18.5. The van der Waals surface area contributed by atoms with Crippen LogP contribution in [0.15, 0.2) is 29.1 Å². The maximum atomic E-state index is 12.4. The molecule has 1 aromatic heterocycles. The minimum absolute atomic E-state index is 0.198. The summed E-state index contributed by atoms with van der Waals surface area (Å²) in [5.41, 5.74) is 0.358. The van der Waals surface area contributed by atoms with Gasteiger partial charge in [0.25, 0.3) is 0 Å². The van der Waals surface area contributed by atoms with Crippen LogP contribution in [0.2, 0.25) is 0 Å². The zero-order valence-electron chi connectivity index (χ0n) is 14.7. The van der Waals surface area contributed by atoms with Crippen molar-refractivity contribution in [3.05, 3.63) is 46.1 Å². The molecule has 1 aliphatic heterocycles. The Morgan fingerprint density at radius 3 is 2.85 bits per heavy atom. The maximum Gasteiger partial charge on any atom is 0.346 e. The first-order chi connectivity index (χ1) is 12.6. The predicted molar refractivity (Wildman–Crippen MR) is 95.1 cm³/mol. The fraction of sp³-hybridized carbons (Fsp3) is 0.444. The van der Waals surface area contributed by atoms with Crippen LogP contribution in [0, 0.1) is 0 Å². The van der Waals surface area contributed by atoms with E-state index in [1.54, 1.807) is 35.8 Å². The van der Waals surface area contributed by atoms with E-state index in [1.165, 1.54) is 4.68 Å². The van der Waals surface area contributed by atoms with Crippen LogP contribution < -0.4 is 11.0 Å². The molecule has 0 unspecified atom stereocenters. The van der Waals surface area contributed by atoms with Crippen LogP contribution in [-0.2, 0) is 29.0 Å². The van der Waals surface area contributed by atoms with Gasteiger partial charge in [-0.05, 0) is 31.9 Å². The van der Waals surface area contributed by atoms with Gasteiger partial charge in [0, 0.05) is 13.0 Å². The lowest BCUT2D eigenvalue weighted by atomic mass is 10.2. The Labute approximate surface area is 150 Å². The van der Waals surface area contributed by atoms with Crippen LogP contribution in [0.5, 0.6) is 0 Å². The number of ether oxygens (including phenoxy) is 1. The highest BCUT2D eigenvalue weighted by Gasteiger charge is 2.18. The molecule has 1 aromatic carbocycles. The van der Waals surface area contributed by atoms with E-state index in [1.807, 2.05) is 0 Å². The molecule has 3 rings (SSSR count). The van der Waals surface area contributed by atoms with Gasteiger partial charge in [0.05, 0.1) is 17.9 Å². The number of esters is 1. The molecule has 1 aliphatic rings. The predicted octanol–water partition coefficient (Wildman–Crippen LogP) is 1.59. The summed E-state index contributed by atoms with van der Waals surface area (Å²) >= 11 is 0. The summed E-state index contributed by atoms with van der Waals surface area (Å²) in [5.74, 6) is -0.196. The summed E-state index contributed by atoms with van der Waals surface area (Å²) in [6.45, 7) is 2.41. The van der Waals surface area contributed by atoms with Crippen LogP contribution >= 0.6 is 0 Å². The van der Waals surface area contributed by atoms with Crippen LogP contribution in [0.4, 0.5) is 5.69 Å². The van der Waals surface area contributed by atoms with Crippen LogP contribution in [0.3, 0.4) is 0 Å². The molecule has 1 N–H and O–H groups in total. The van der Waals surface area contributed by atoms with Gasteiger partial charge in [-0.15, -0.1) is 0 Å². The molecule has 138 valence electrons. The smallest absolute Gasteiger partial charge is 0.346 e. The lowest BCUT2D eigenvalue weighted by molar-refractivity contribution is -0.117. The molecule has 2 heterocycles. The number of carbonyl (C=O) groups excluding carboxylic acids is 2. The van der Waals surface area contributed by atoms with Crippen molar-refractivity contribution in [3.63, 3.8) is 0 Å². The van der Waals surface area contributed by atoms with E-state index in [9.17, 15) is 14.4 Å². The summed E-state index contributed by atoms with van der Waals surface area (Å²) in [4.78, 5) is 36.8. The molecule has 0 saturated heterocycles. The lowest BCUT2D eigenvalue weighted by Crippen LogP contribution is -2.30. The lowest BCUT2D eigenvalue weighted by Gasteiger charge is -2.10. The zero-order valence-corrected chi connectivity index (χ0v) is 14.7.